The molecule has 2 aliphatic rings. The highest BCUT2D eigenvalue weighted by Crippen LogP contribution is 2.43. The van der Waals surface area contributed by atoms with Crippen molar-refractivity contribution >= 4 is 5.91 Å². The zero-order valence-corrected chi connectivity index (χ0v) is 12.9. The summed E-state index contributed by atoms with van der Waals surface area (Å²) >= 11 is 0. The average molecular weight is 328 g/mol. The van der Waals surface area contributed by atoms with E-state index >= 15 is 0 Å². The molecular weight excluding hydrogens is 311 g/mol. The molecule has 3 heterocycles. The van der Waals surface area contributed by atoms with Crippen molar-refractivity contribution in [2.45, 2.75) is 6.04 Å². The summed E-state index contributed by atoms with van der Waals surface area (Å²) in [7, 11) is 0. The molecule has 1 amide bonds. The third-order valence-corrected chi connectivity index (χ3v) is 4.91. The molecule has 0 saturated carbocycles. The zero-order valence-electron chi connectivity index (χ0n) is 12.9. The van der Waals surface area contributed by atoms with Crippen molar-refractivity contribution in [3.63, 3.8) is 0 Å². The Morgan fingerprint density at radius 3 is 2.88 bits per heavy atom. The highest BCUT2D eigenvalue weighted by Gasteiger charge is 2.47. The van der Waals surface area contributed by atoms with Crippen LogP contribution in [0.2, 0.25) is 0 Å². The predicted molar refractivity (Wildman–Crippen MR) is 84.9 cm³/mol. The summed E-state index contributed by atoms with van der Waals surface area (Å²) in [5.41, 5.74) is 0.642. The van der Waals surface area contributed by atoms with Gasteiger partial charge in [0.15, 0.2) is 0 Å². The van der Waals surface area contributed by atoms with Gasteiger partial charge in [-0.1, -0.05) is 12.1 Å². The maximum atomic E-state index is 13.7. The van der Waals surface area contributed by atoms with Crippen LogP contribution < -0.4 is 10.9 Å². The van der Waals surface area contributed by atoms with Crippen LogP contribution in [0.5, 0.6) is 0 Å². The molecule has 7 heteroatoms. The number of rotatable bonds is 2. The van der Waals surface area contributed by atoms with E-state index in [9.17, 15) is 14.0 Å². The van der Waals surface area contributed by atoms with E-state index in [0.29, 0.717) is 12.5 Å². The summed E-state index contributed by atoms with van der Waals surface area (Å²) in [6.45, 7) is 2.24. The van der Waals surface area contributed by atoms with Crippen molar-refractivity contribution in [2.75, 3.05) is 19.6 Å². The molecular formula is C17H17FN4O2. The Kier molecular flexibility index (Phi) is 3.65. The van der Waals surface area contributed by atoms with Crippen LogP contribution >= 0.6 is 0 Å². The summed E-state index contributed by atoms with van der Waals surface area (Å²) in [4.78, 5) is 25.8. The molecule has 2 N–H and O–H groups in total. The molecule has 0 bridgehead atoms. The molecule has 1 aromatic heterocycles. The van der Waals surface area contributed by atoms with Gasteiger partial charge in [-0.05, 0) is 29.7 Å². The van der Waals surface area contributed by atoms with E-state index in [4.69, 9.17) is 0 Å². The van der Waals surface area contributed by atoms with Crippen molar-refractivity contribution in [2.24, 2.45) is 11.8 Å². The first kappa shape index (κ1) is 15.0. The molecule has 0 spiro atoms. The van der Waals surface area contributed by atoms with Gasteiger partial charge in [0, 0.05) is 31.6 Å². The topological polar surface area (TPSA) is 78.1 Å². The predicted octanol–water partition coefficient (Wildman–Crippen LogP) is 0.942. The van der Waals surface area contributed by atoms with Gasteiger partial charge in [0.1, 0.15) is 11.5 Å². The summed E-state index contributed by atoms with van der Waals surface area (Å²) in [5, 5.41) is 9.49. The lowest BCUT2D eigenvalue weighted by Gasteiger charge is -2.28. The molecule has 1 aromatic carbocycles. The minimum absolute atomic E-state index is 0.193. The second-order valence-electron chi connectivity index (χ2n) is 6.35. The van der Waals surface area contributed by atoms with Crippen molar-refractivity contribution in [3.8, 4) is 0 Å². The van der Waals surface area contributed by atoms with Gasteiger partial charge in [-0.2, -0.15) is 5.10 Å². The number of hydrogen-bond donors (Lipinski definition) is 2. The molecule has 124 valence electrons. The second-order valence-corrected chi connectivity index (χ2v) is 6.35. The Morgan fingerprint density at radius 1 is 1.25 bits per heavy atom. The van der Waals surface area contributed by atoms with Crippen molar-refractivity contribution < 1.29 is 9.18 Å². The van der Waals surface area contributed by atoms with Crippen LogP contribution in [0.15, 0.2) is 41.2 Å². The maximum absolute atomic E-state index is 13.7. The minimum atomic E-state index is -0.351. The highest BCUT2D eigenvalue weighted by atomic mass is 19.1. The minimum Gasteiger partial charge on any atom is -0.330 e. The first-order valence-corrected chi connectivity index (χ1v) is 7.96. The maximum Gasteiger partial charge on any atom is 0.274 e. The molecule has 2 aromatic rings. The molecule has 2 saturated heterocycles. The van der Waals surface area contributed by atoms with Gasteiger partial charge < -0.3 is 10.2 Å². The molecule has 3 atom stereocenters. The summed E-state index contributed by atoms with van der Waals surface area (Å²) < 4.78 is 13.7. The molecule has 0 aliphatic carbocycles. The number of benzene rings is 1. The monoisotopic (exact) mass is 328 g/mol. The summed E-state index contributed by atoms with van der Waals surface area (Å²) in [6.07, 6.45) is 0. The first-order valence-electron chi connectivity index (χ1n) is 7.96. The van der Waals surface area contributed by atoms with E-state index in [2.05, 4.69) is 15.5 Å². The first-order chi connectivity index (χ1) is 11.6. The van der Waals surface area contributed by atoms with Gasteiger partial charge in [0.05, 0.1) is 6.04 Å². The standard InChI is InChI=1S/C17H17FN4O2/c18-12-3-1-2-10(6-12)16-13-8-19-7-11(13)9-22(16)17(24)14-4-5-15(23)21-20-14/h1-6,11,13,16,19H,7-9H2,(H,21,23)/t11-,13-,16+/m0/s1. The average Bonchev–Trinajstić information content (AvgIpc) is 3.15. The fourth-order valence-electron chi connectivity index (χ4n) is 3.86. The number of hydrogen-bond acceptors (Lipinski definition) is 4. The number of carbonyl (C=O) groups excluding carboxylic acids is 1. The van der Waals surface area contributed by atoms with Crippen LogP contribution in [0, 0.1) is 17.7 Å². The molecule has 0 unspecified atom stereocenters. The van der Waals surface area contributed by atoms with Crippen molar-refractivity contribution in [1.82, 2.24) is 20.4 Å². The third kappa shape index (κ3) is 2.50. The second kappa shape index (κ2) is 5.83. The number of nitrogens with one attached hydrogen (secondary N) is 2. The molecule has 2 fully saturated rings. The third-order valence-electron chi connectivity index (χ3n) is 4.91. The van der Waals surface area contributed by atoms with Crippen LogP contribution in [-0.2, 0) is 0 Å². The van der Waals surface area contributed by atoms with Crippen LogP contribution in [0.4, 0.5) is 4.39 Å². The van der Waals surface area contributed by atoms with Crippen LogP contribution in [0.25, 0.3) is 0 Å². The van der Waals surface area contributed by atoms with E-state index in [1.54, 1.807) is 11.0 Å². The van der Waals surface area contributed by atoms with Gasteiger partial charge in [0.25, 0.3) is 11.5 Å². The Bertz CT molecular complexity index is 817. The highest BCUT2D eigenvalue weighted by molar-refractivity contribution is 5.92. The van der Waals surface area contributed by atoms with E-state index < -0.39 is 0 Å². The van der Waals surface area contributed by atoms with Crippen LogP contribution in [0.3, 0.4) is 0 Å². The van der Waals surface area contributed by atoms with Gasteiger partial charge in [-0.25, -0.2) is 9.49 Å². The number of carbonyl (C=O) groups is 1. The number of H-pyrrole nitrogens is 1. The Morgan fingerprint density at radius 2 is 2.12 bits per heavy atom. The van der Waals surface area contributed by atoms with Gasteiger partial charge >= 0.3 is 0 Å². The molecule has 24 heavy (non-hydrogen) atoms. The van der Waals surface area contributed by atoms with Crippen LogP contribution in [0.1, 0.15) is 22.1 Å². The fraction of sp³-hybridized carbons (Fsp3) is 0.353. The van der Waals surface area contributed by atoms with Gasteiger partial charge in [0.2, 0.25) is 0 Å². The largest absolute Gasteiger partial charge is 0.330 e. The van der Waals surface area contributed by atoms with Gasteiger partial charge in [-0.3, -0.25) is 9.59 Å². The van der Waals surface area contributed by atoms with Gasteiger partial charge in [-0.15, -0.1) is 0 Å². The number of aromatic nitrogens is 2. The molecule has 4 rings (SSSR count). The Hall–Kier alpha value is -2.54. The van der Waals surface area contributed by atoms with Crippen molar-refractivity contribution in [3.05, 3.63) is 63.8 Å². The zero-order chi connectivity index (χ0) is 16.7. The lowest BCUT2D eigenvalue weighted by atomic mass is 9.89. The smallest absolute Gasteiger partial charge is 0.274 e. The Labute approximate surface area is 137 Å². The molecule has 2 aliphatic heterocycles. The SMILES string of the molecule is O=C(c1ccc(=O)[nH]n1)N1C[C@@H]2CNC[C@@H]2[C@H]1c1cccc(F)c1. The molecule has 0 radical (unpaired) electrons. The lowest BCUT2D eigenvalue weighted by molar-refractivity contribution is 0.0706. The number of aromatic amines is 1. The van der Waals surface area contributed by atoms with E-state index in [1.807, 2.05) is 6.07 Å². The van der Waals surface area contributed by atoms with E-state index in [-0.39, 0.29) is 34.9 Å². The number of amides is 1. The van der Waals surface area contributed by atoms with Crippen molar-refractivity contribution in [1.29, 1.82) is 0 Å². The molecule has 6 nitrogen and oxygen atoms in total. The lowest BCUT2D eigenvalue weighted by Crippen LogP contribution is -2.35. The normalized spacial score (nSPS) is 25.7. The Balaban J connectivity index is 1.71. The fourth-order valence-corrected chi connectivity index (χ4v) is 3.86. The quantitative estimate of drug-likeness (QED) is 0.860. The number of nitrogens with zero attached hydrogens (tertiary/aromatic N) is 2. The number of likely N-dealkylation sites (tertiary alicyclic amines) is 1. The number of fused-ring (bicyclic) bond motifs is 1. The van der Waals surface area contributed by atoms with Crippen LogP contribution in [-0.4, -0.2) is 40.6 Å². The summed E-state index contributed by atoms with van der Waals surface area (Å²) in [5.74, 6) is 0.0369. The summed E-state index contributed by atoms with van der Waals surface area (Å²) in [6, 6.07) is 8.94. The van der Waals surface area contributed by atoms with E-state index in [0.717, 1.165) is 18.7 Å². The number of halogens is 1. The van der Waals surface area contributed by atoms with E-state index in [1.165, 1.54) is 24.3 Å².